The van der Waals surface area contributed by atoms with Crippen LogP contribution in [-0.4, -0.2) is 46.7 Å². The standard InChI is InChI=1S/C21H22FN3O2/c1-24(13-17-4-2-3-10-23-17)20(27)18-12-21(18)9-11-25(14-21)19(26)15-5-7-16(22)8-6-15/h2-8,10,18H,9,11-14H2,1H3/t18-,21+/m0/s1. The van der Waals surface area contributed by atoms with Crippen molar-refractivity contribution in [2.24, 2.45) is 11.3 Å². The van der Waals surface area contributed by atoms with Crippen LogP contribution < -0.4 is 0 Å². The molecule has 4 rings (SSSR count). The van der Waals surface area contributed by atoms with Gasteiger partial charge in [0.1, 0.15) is 5.82 Å². The molecule has 1 saturated heterocycles. The monoisotopic (exact) mass is 367 g/mol. The van der Waals surface area contributed by atoms with Gasteiger partial charge in [-0.25, -0.2) is 4.39 Å². The highest BCUT2D eigenvalue weighted by Crippen LogP contribution is 2.59. The number of aromatic nitrogens is 1. The summed E-state index contributed by atoms with van der Waals surface area (Å²) in [6.45, 7) is 1.73. The van der Waals surface area contributed by atoms with Crippen LogP contribution in [0.1, 0.15) is 28.9 Å². The number of hydrogen-bond acceptors (Lipinski definition) is 3. The topological polar surface area (TPSA) is 53.5 Å². The van der Waals surface area contributed by atoms with Gasteiger partial charge in [0.25, 0.3) is 5.91 Å². The van der Waals surface area contributed by atoms with Crippen molar-refractivity contribution in [2.45, 2.75) is 19.4 Å². The van der Waals surface area contributed by atoms with Crippen LogP contribution in [0.4, 0.5) is 4.39 Å². The second kappa shape index (κ2) is 6.76. The molecule has 1 aromatic heterocycles. The molecule has 0 N–H and O–H groups in total. The molecular weight excluding hydrogens is 345 g/mol. The van der Waals surface area contributed by atoms with Crippen LogP contribution in [0.3, 0.4) is 0 Å². The Balaban J connectivity index is 1.37. The van der Waals surface area contributed by atoms with Crippen molar-refractivity contribution >= 4 is 11.8 Å². The average molecular weight is 367 g/mol. The molecular formula is C21H22FN3O2. The Bertz CT molecular complexity index is 855. The van der Waals surface area contributed by atoms with E-state index < -0.39 is 0 Å². The lowest BCUT2D eigenvalue weighted by Gasteiger charge is -2.19. The molecule has 140 valence electrons. The van der Waals surface area contributed by atoms with E-state index in [4.69, 9.17) is 0 Å². The van der Waals surface area contributed by atoms with E-state index >= 15 is 0 Å². The van der Waals surface area contributed by atoms with Gasteiger partial charge in [-0.05, 0) is 49.2 Å². The maximum atomic E-state index is 13.1. The molecule has 1 aliphatic carbocycles. The molecule has 6 heteroatoms. The van der Waals surface area contributed by atoms with Crippen LogP contribution >= 0.6 is 0 Å². The summed E-state index contributed by atoms with van der Waals surface area (Å²) in [5, 5.41) is 0. The van der Waals surface area contributed by atoms with Crippen LogP contribution in [0, 0.1) is 17.2 Å². The Kier molecular flexibility index (Phi) is 4.42. The van der Waals surface area contributed by atoms with Crippen LogP contribution in [0.25, 0.3) is 0 Å². The molecule has 1 saturated carbocycles. The Labute approximate surface area is 157 Å². The lowest BCUT2D eigenvalue weighted by molar-refractivity contribution is -0.132. The normalized spacial score (nSPS) is 23.5. The fraction of sp³-hybridized carbons (Fsp3) is 0.381. The van der Waals surface area contributed by atoms with Gasteiger partial charge in [-0.3, -0.25) is 14.6 Å². The van der Waals surface area contributed by atoms with Gasteiger partial charge in [0, 0.05) is 43.2 Å². The van der Waals surface area contributed by atoms with E-state index in [1.54, 1.807) is 23.0 Å². The van der Waals surface area contributed by atoms with Crippen molar-refractivity contribution in [3.63, 3.8) is 0 Å². The first-order valence-corrected chi connectivity index (χ1v) is 9.18. The largest absolute Gasteiger partial charge is 0.340 e. The number of benzene rings is 1. The van der Waals surface area contributed by atoms with Gasteiger partial charge in [0.15, 0.2) is 0 Å². The van der Waals surface area contributed by atoms with E-state index in [0.717, 1.165) is 18.5 Å². The van der Waals surface area contributed by atoms with Gasteiger partial charge in [0.2, 0.25) is 5.91 Å². The highest BCUT2D eigenvalue weighted by Gasteiger charge is 2.61. The molecule has 1 aromatic carbocycles. The number of hydrogen-bond donors (Lipinski definition) is 0. The number of carbonyl (C=O) groups is 2. The summed E-state index contributed by atoms with van der Waals surface area (Å²) in [7, 11) is 1.80. The van der Waals surface area contributed by atoms with Gasteiger partial charge in [-0.15, -0.1) is 0 Å². The Morgan fingerprint density at radius 1 is 1.26 bits per heavy atom. The fourth-order valence-corrected chi connectivity index (χ4v) is 4.07. The fourth-order valence-electron chi connectivity index (χ4n) is 4.07. The zero-order valence-corrected chi connectivity index (χ0v) is 15.3. The van der Waals surface area contributed by atoms with Crippen molar-refractivity contribution in [3.05, 3.63) is 65.7 Å². The third kappa shape index (κ3) is 3.44. The van der Waals surface area contributed by atoms with Crippen molar-refractivity contribution < 1.29 is 14.0 Å². The van der Waals surface area contributed by atoms with Crippen LogP contribution in [0.2, 0.25) is 0 Å². The van der Waals surface area contributed by atoms with Crippen molar-refractivity contribution in [1.82, 2.24) is 14.8 Å². The van der Waals surface area contributed by atoms with Crippen molar-refractivity contribution in [2.75, 3.05) is 20.1 Å². The lowest BCUT2D eigenvalue weighted by Crippen LogP contribution is -2.32. The Morgan fingerprint density at radius 3 is 2.74 bits per heavy atom. The number of carbonyl (C=O) groups excluding carboxylic acids is 2. The van der Waals surface area contributed by atoms with Gasteiger partial charge in [-0.2, -0.15) is 0 Å². The SMILES string of the molecule is CN(Cc1ccccn1)C(=O)[C@@H]1C[C@@]12CCN(C(=O)c1ccc(F)cc1)C2. The first kappa shape index (κ1) is 17.6. The minimum absolute atomic E-state index is 0.0303. The predicted octanol–water partition coefficient (Wildman–Crippen LogP) is 2.73. The second-order valence-electron chi connectivity index (χ2n) is 7.62. The van der Waals surface area contributed by atoms with Crippen LogP contribution in [0.15, 0.2) is 48.7 Å². The first-order valence-electron chi connectivity index (χ1n) is 9.18. The van der Waals surface area contributed by atoms with Crippen molar-refractivity contribution in [3.8, 4) is 0 Å². The molecule has 0 radical (unpaired) electrons. The quantitative estimate of drug-likeness (QED) is 0.835. The van der Waals surface area contributed by atoms with Gasteiger partial charge >= 0.3 is 0 Å². The molecule has 2 aromatic rings. The number of pyridine rings is 1. The number of nitrogens with zero attached hydrogens (tertiary/aromatic N) is 3. The van der Waals surface area contributed by atoms with Crippen LogP contribution in [0.5, 0.6) is 0 Å². The molecule has 2 amide bonds. The third-order valence-electron chi connectivity index (χ3n) is 5.75. The summed E-state index contributed by atoms with van der Waals surface area (Å²) in [4.78, 5) is 33.2. The average Bonchev–Trinajstić information content (AvgIpc) is 3.21. The van der Waals surface area contributed by atoms with Gasteiger partial charge < -0.3 is 9.80 Å². The summed E-state index contributed by atoms with van der Waals surface area (Å²) in [6.07, 6.45) is 3.39. The molecule has 1 spiro atoms. The molecule has 2 heterocycles. The molecule has 0 unspecified atom stereocenters. The zero-order chi connectivity index (χ0) is 19.0. The van der Waals surface area contributed by atoms with E-state index in [-0.39, 0.29) is 29.0 Å². The van der Waals surface area contributed by atoms with Gasteiger partial charge in [-0.1, -0.05) is 6.07 Å². The number of likely N-dealkylation sites (tertiary alicyclic amines) is 1. The third-order valence-corrected chi connectivity index (χ3v) is 5.75. The van der Waals surface area contributed by atoms with E-state index in [0.29, 0.717) is 25.2 Å². The predicted molar refractivity (Wildman–Crippen MR) is 98.2 cm³/mol. The maximum absolute atomic E-state index is 13.1. The van der Waals surface area contributed by atoms with E-state index in [1.165, 1.54) is 24.3 Å². The molecule has 1 aliphatic heterocycles. The highest BCUT2D eigenvalue weighted by molar-refractivity contribution is 5.94. The van der Waals surface area contributed by atoms with E-state index in [2.05, 4.69) is 4.98 Å². The second-order valence-corrected chi connectivity index (χ2v) is 7.62. The van der Waals surface area contributed by atoms with Gasteiger partial charge in [0.05, 0.1) is 12.2 Å². The smallest absolute Gasteiger partial charge is 0.253 e. The first-order chi connectivity index (χ1) is 13.0. The molecule has 2 fully saturated rings. The Hall–Kier alpha value is -2.76. The minimum atomic E-state index is -0.353. The molecule has 0 bridgehead atoms. The highest BCUT2D eigenvalue weighted by atomic mass is 19.1. The van der Waals surface area contributed by atoms with Crippen molar-refractivity contribution in [1.29, 1.82) is 0 Å². The number of halogens is 1. The number of amides is 2. The summed E-state index contributed by atoms with van der Waals surface area (Å²) in [5.74, 6) is -0.353. The Morgan fingerprint density at radius 2 is 2.04 bits per heavy atom. The van der Waals surface area contributed by atoms with E-state index in [1.807, 2.05) is 18.2 Å². The maximum Gasteiger partial charge on any atom is 0.253 e. The minimum Gasteiger partial charge on any atom is -0.340 e. The summed E-state index contributed by atoms with van der Waals surface area (Å²) in [5.41, 5.74) is 1.26. The summed E-state index contributed by atoms with van der Waals surface area (Å²) >= 11 is 0. The number of rotatable bonds is 4. The molecule has 2 aliphatic rings. The zero-order valence-electron chi connectivity index (χ0n) is 15.3. The lowest BCUT2D eigenvalue weighted by atomic mass is 10.0. The van der Waals surface area contributed by atoms with Crippen LogP contribution in [-0.2, 0) is 11.3 Å². The summed E-state index contributed by atoms with van der Waals surface area (Å²) < 4.78 is 13.1. The molecule has 27 heavy (non-hydrogen) atoms. The van der Waals surface area contributed by atoms with E-state index in [9.17, 15) is 14.0 Å². The molecule has 5 nitrogen and oxygen atoms in total. The molecule has 2 atom stereocenters. The summed E-state index contributed by atoms with van der Waals surface area (Å²) in [6, 6.07) is 11.3.